The molecule has 0 unspecified atom stereocenters. The molecule has 0 aromatic carbocycles. The van der Waals surface area contributed by atoms with E-state index < -0.39 is 0 Å². The van der Waals surface area contributed by atoms with Crippen molar-refractivity contribution >= 4 is 17.7 Å². The predicted octanol–water partition coefficient (Wildman–Crippen LogP) is 1.44. The van der Waals surface area contributed by atoms with Crippen LogP contribution in [0.4, 0.5) is 17.7 Å². The van der Waals surface area contributed by atoms with Crippen molar-refractivity contribution in [3.63, 3.8) is 0 Å². The molecular formula is C16H23N7. The van der Waals surface area contributed by atoms with Crippen molar-refractivity contribution in [2.24, 2.45) is 0 Å². The maximum atomic E-state index is 4.73. The molecule has 1 aliphatic rings. The van der Waals surface area contributed by atoms with E-state index in [9.17, 15) is 0 Å². The predicted molar refractivity (Wildman–Crippen MR) is 92.1 cm³/mol. The molecular weight excluding hydrogens is 290 g/mol. The van der Waals surface area contributed by atoms with Crippen LogP contribution in [0.2, 0.25) is 0 Å². The average molecular weight is 313 g/mol. The van der Waals surface area contributed by atoms with E-state index in [1.54, 1.807) is 12.4 Å². The van der Waals surface area contributed by atoms with Crippen LogP contribution in [0, 0.1) is 0 Å². The Morgan fingerprint density at radius 2 is 1.57 bits per heavy atom. The summed E-state index contributed by atoms with van der Waals surface area (Å²) in [7, 11) is 0. The molecule has 7 heteroatoms. The molecule has 3 rings (SSSR count). The van der Waals surface area contributed by atoms with Crippen LogP contribution in [0.1, 0.15) is 13.8 Å². The molecule has 122 valence electrons. The smallest absolute Gasteiger partial charge is 0.227 e. The topological polar surface area (TPSA) is 61.3 Å². The molecule has 0 amide bonds. The summed E-state index contributed by atoms with van der Waals surface area (Å²) in [4.78, 5) is 24.4. The van der Waals surface area contributed by atoms with E-state index in [0.29, 0.717) is 0 Å². The molecule has 0 spiro atoms. The van der Waals surface area contributed by atoms with Gasteiger partial charge < -0.3 is 14.7 Å². The fourth-order valence-electron chi connectivity index (χ4n) is 2.76. The highest BCUT2D eigenvalue weighted by Crippen LogP contribution is 2.18. The zero-order valence-electron chi connectivity index (χ0n) is 13.8. The maximum absolute atomic E-state index is 4.73. The Kier molecular flexibility index (Phi) is 4.85. The fraction of sp³-hybridized carbons (Fsp3) is 0.500. The molecule has 7 nitrogen and oxygen atoms in total. The molecule has 1 aliphatic heterocycles. The molecule has 2 aromatic rings. The molecule has 0 aliphatic carbocycles. The van der Waals surface area contributed by atoms with Crippen LogP contribution in [-0.4, -0.2) is 59.2 Å². The van der Waals surface area contributed by atoms with Crippen LogP contribution in [0.3, 0.4) is 0 Å². The number of hydrogen-bond donors (Lipinski definition) is 0. The van der Waals surface area contributed by atoms with Crippen molar-refractivity contribution < 1.29 is 0 Å². The third-order valence-corrected chi connectivity index (χ3v) is 4.11. The summed E-state index contributed by atoms with van der Waals surface area (Å²) in [6, 6.07) is 3.83. The minimum Gasteiger partial charge on any atom is -0.353 e. The Morgan fingerprint density at radius 1 is 0.913 bits per heavy atom. The van der Waals surface area contributed by atoms with Crippen LogP contribution in [-0.2, 0) is 0 Å². The van der Waals surface area contributed by atoms with Crippen molar-refractivity contribution in [1.82, 2.24) is 19.9 Å². The number of aromatic nitrogens is 4. The van der Waals surface area contributed by atoms with Gasteiger partial charge in [0.25, 0.3) is 0 Å². The van der Waals surface area contributed by atoms with E-state index in [1.165, 1.54) is 0 Å². The van der Waals surface area contributed by atoms with Gasteiger partial charge in [0, 0.05) is 57.9 Å². The summed E-state index contributed by atoms with van der Waals surface area (Å²) in [6.45, 7) is 9.69. The summed E-state index contributed by atoms with van der Waals surface area (Å²) in [5.74, 6) is 2.61. The number of rotatable bonds is 5. The highest BCUT2D eigenvalue weighted by Gasteiger charge is 2.20. The fourth-order valence-corrected chi connectivity index (χ4v) is 2.76. The van der Waals surface area contributed by atoms with Gasteiger partial charge in [-0.15, -0.1) is 0 Å². The number of anilines is 3. The van der Waals surface area contributed by atoms with E-state index in [2.05, 4.69) is 43.5 Å². The van der Waals surface area contributed by atoms with Gasteiger partial charge in [-0.3, -0.25) is 0 Å². The van der Waals surface area contributed by atoms with E-state index in [4.69, 9.17) is 4.98 Å². The monoisotopic (exact) mass is 313 g/mol. The Labute approximate surface area is 137 Å². The number of hydrogen-bond acceptors (Lipinski definition) is 7. The lowest BCUT2D eigenvalue weighted by Crippen LogP contribution is -2.47. The molecule has 0 radical (unpaired) electrons. The third kappa shape index (κ3) is 3.49. The zero-order valence-corrected chi connectivity index (χ0v) is 13.8. The molecule has 23 heavy (non-hydrogen) atoms. The van der Waals surface area contributed by atoms with Crippen molar-refractivity contribution in [2.45, 2.75) is 13.8 Å². The zero-order chi connectivity index (χ0) is 16.1. The van der Waals surface area contributed by atoms with Gasteiger partial charge in [0.1, 0.15) is 5.82 Å². The molecule has 0 N–H and O–H groups in total. The molecule has 2 aromatic heterocycles. The summed E-state index contributed by atoms with van der Waals surface area (Å²) < 4.78 is 0. The Hall–Kier alpha value is -2.44. The van der Waals surface area contributed by atoms with Gasteiger partial charge in [-0.25, -0.2) is 15.0 Å². The first-order valence-corrected chi connectivity index (χ1v) is 8.16. The summed E-state index contributed by atoms with van der Waals surface area (Å²) >= 11 is 0. The van der Waals surface area contributed by atoms with E-state index >= 15 is 0 Å². The lowest BCUT2D eigenvalue weighted by atomic mass is 10.3. The standard InChI is InChI=1S/C16H23N7/c1-3-21(4-2)16-19-9-6-14(20-16)22-10-12-23(13-11-22)15-17-7-5-8-18-15/h5-9H,3-4,10-13H2,1-2H3. The highest BCUT2D eigenvalue weighted by atomic mass is 15.3. The SMILES string of the molecule is CCN(CC)c1nccc(N2CCN(c3ncccn3)CC2)n1. The summed E-state index contributed by atoms with van der Waals surface area (Å²) in [6.07, 6.45) is 5.42. The van der Waals surface area contributed by atoms with E-state index in [0.717, 1.165) is 57.0 Å². The Bertz CT molecular complexity index is 607. The maximum Gasteiger partial charge on any atom is 0.227 e. The lowest BCUT2D eigenvalue weighted by Gasteiger charge is -2.35. The van der Waals surface area contributed by atoms with Gasteiger partial charge in [0.05, 0.1) is 0 Å². The first-order chi connectivity index (χ1) is 11.3. The van der Waals surface area contributed by atoms with Crippen molar-refractivity contribution in [2.75, 3.05) is 54.0 Å². The molecule has 0 bridgehead atoms. The number of nitrogens with zero attached hydrogens (tertiary/aromatic N) is 7. The summed E-state index contributed by atoms with van der Waals surface area (Å²) in [5.41, 5.74) is 0. The second kappa shape index (κ2) is 7.21. The van der Waals surface area contributed by atoms with Crippen LogP contribution in [0.25, 0.3) is 0 Å². The Balaban J connectivity index is 1.67. The third-order valence-electron chi connectivity index (χ3n) is 4.11. The molecule has 0 saturated carbocycles. The first kappa shape index (κ1) is 15.5. The Morgan fingerprint density at radius 3 is 2.22 bits per heavy atom. The first-order valence-electron chi connectivity index (χ1n) is 8.16. The second-order valence-corrected chi connectivity index (χ2v) is 5.41. The van der Waals surface area contributed by atoms with E-state index in [-0.39, 0.29) is 0 Å². The lowest BCUT2D eigenvalue weighted by molar-refractivity contribution is 0.633. The van der Waals surface area contributed by atoms with Gasteiger partial charge in [-0.05, 0) is 26.0 Å². The normalized spacial score (nSPS) is 14.9. The molecule has 1 fully saturated rings. The largest absolute Gasteiger partial charge is 0.353 e. The number of piperazine rings is 1. The minimum absolute atomic E-state index is 0.804. The highest BCUT2D eigenvalue weighted by molar-refractivity contribution is 5.45. The molecule has 1 saturated heterocycles. The van der Waals surface area contributed by atoms with Gasteiger partial charge >= 0.3 is 0 Å². The van der Waals surface area contributed by atoms with Gasteiger partial charge in [0.2, 0.25) is 11.9 Å². The summed E-state index contributed by atoms with van der Waals surface area (Å²) in [5, 5.41) is 0. The minimum atomic E-state index is 0.804. The van der Waals surface area contributed by atoms with Crippen molar-refractivity contribution in [3.05, 3.63) is 30.7 Å². The van der Waals surface area contributed by atoms with Crippen LogP contribution >= 0.6 is 0 Å². The van der Waals surface area contributed by atoms with Gasteiger partial charge in [-0.2, -0.15) is 4.98 Å². The molecule has 0 atom stereocenters. The average Bonchev–Trinajstić information content (AvgIpc) is 2.64. The van der Waals surface area contributed by atoms with Crippen molar-refractivity contribution in [3.8, 4) is 0 Å². The molecule has 3 heterocycles. The van der Waals surface area contributed by atoms with Crippen LogP contribution < -0.4 is 14.7 Å². The van der Waals surface area contributed by atoms with Gasteiger partial charge in [0.15, 0.2) is 0 Å². The van der Waals surface area contributed by atoms with E-state index in [1.807, 2.05) is 18.3 Å². The second-order valence-electron chi connectivity index (χ2n) is 5.41. The van der Waals surface area contributed by atoms with Gasteiger partial charge in [-0.1, -0.05) is 0 Å². The van der Waals surface area contributed by atoms with Crippen LogP contribution in [0.5, 0.6) is 0 Å². The van der Waals surface area contributed by atoms with Crippen LogP contribution in [0.15, 0.2) is 30.7 Å². The quantitative estimate of drug-likeness (QED) is 0.827. The van der Waals surface area contributed by atoms with Crippen molar-refractivity contribution in [1.29, 1.82) is 0 Å².